The van der Waals surface area contributed by atoms with Gasteiger partial charge < -0.3 is 47.8 Å². The summed E-state index contributed by atoms with van der Waals surface area (Å²) < 4.78 is 0. The van der Waals surface area contributed by atoms with Crippen LogP contribution in [0.5, 0.6) is 5.75 Å². The Bertz CT molecular complexity index is 1440. The SMILES string of the molecule is CC(N)C(=O)NC(Cc1ccc(O)cc1)C(=O)N1CCCC1C(=O)NCC(=O)NC(CCCCN)C(=O)NC(Cc1ccccc1)C(=O)O. The number of benzene rings is 2. The van der Waals surface area contributed by atoms with E-state index in [1.807, 2.05) is 0 Å². The number of hydrogen-bond donors (Lipinski definition) is 8. The van der Waals surface area contributed by atoms with Gasteiger partial charge in [-0.25, -0.2) is 4.79 Å². The van der Waals surface area contributed by atoms with Crippen LogP contribution in [0.4, 0.5) is 0 Å². The van der Waals surface area contributed by atoms with Crippen molar-refractivity contribution in [3.63, 3.8) is 0 Å². The van der Waals surface area contributed by atoms with E-state index in [2.05, 4.69) is 21.3 Å². The predicted octanol–water partition coefficient (Wildman–Crippen LogP) is -0.700. The van der Waals surface area contributed by atoms with Crippen molar-refractivity contribution in [3.05, 3.63) is 65.7 Å². The number of carbonyl (C=O) groups excluding carboxylic acids is 5. The van der Waals surface area contributed by atoms with Crippen LogP contribution in [0.3, 0.4) is 0 Å². The quantitative estimate of drug-likeness (QED) is 0.0920. The van der Waals surface area contributed by atoms with Crippen molar-refractivity contribution in [1.29, 1.82) is 0 Å². The van der Waals surface area contributed by atoms with Crippen molar-refractivity contribution in [2.24, 2.45) is 11.5 Å². The fourth-order valence-corrected chi connectivity index (χ4v) is 5.49. The first kappa shape index (κ1) is 38.4. The molecule has 0 aliphatic carbocycles. The lowest BCUT2D eigenvalue weighted by Gasteiger charge is -2.29. The van der Waals surface area contributed by atoms with Gasteiger partial charge in [0.25, 0.3) is 0 Å². The molecule has 1 heterocycles. The van der Waals surface area contributed by atoms with Gasteiger partial charge in [-0.1, -0.05) is 42.5 Å². The van der Waals surface area contributed by atoms with Crippen LogP contribution in [0.15, 0.2) is 54.6 Å². The minimum atomic E-state index is -1.23. The molecule has 49 heavy (non-hydrogen) atoms. The summed E-state index contributed by atoms with van der Waals surface area (Å²) in [6, 6.07) is 9.83. The number of carboxylic acids is 1. The van der Waals surface area contributed by atoms with Crippen molar-refractivity contribution in [3.8, 4) is 5.75 Å². The Hall–Kier alpha value is -5.02. The first-order valence-corrected chi connectivity index (χ1v) is 16.4. The van der Waals surface area contributed by atoms with Gasteiger partial charge in [-0.2, -0.15) is 0 Å². The third-order valence-electron chi connectivity index (χ3n) is 8.16. The third kappa shape index (κ3) is 12.2. The number of amides is 5. The molecule has 0 radical (unpaired) electrons. The molecule has 5 amide bonds. The van der Waals surface area contributed by atoms with E-state index < -0.39 is 72.3 Å². The van der Waals surface area contributed by atoms with Gasteiger partial charge in [0.2, 0.25) is 29.5 Å². The molecule has 2 aromatic carbocycles. The predicted molar refractivity (Wildman–Crippen MR) is 180 cm³/mol. The van der Waals surface area contributed by atoms with Crippen molar-refractivity contribution in [2.75, 3.05) is 19.6 Å². The Morgan fingerprint density at radius 2 is 1.49 bits per heavy atom. The molecule has 5 unspecified atom stereocenters. The van der Waals surface area contributed by atoms with Crippen LogP contribution in [0, 0.1) is 0 Å². The average molecular weight is 682 g/mol. The van der Waals surface area contributed by atoms with E-state index in [0.29, 0.717) is 43.4 Å². The lowest BCUT2D eigenvalue weighted by Crippen LogP contribution is -2.57. The lowest BCUT2D eigenvalue weighted by atomic mass is 10.0. The summed E-state index contributed by atoms with van der Waals surface area (Å²) in [6.45, 7) is 1.60. The van der Waals surface area contributed by atoms with E-state index in [1.54, 1.807) is 42.5 Å². The van der Waals surface area contributed by atoms with Crippen molar-refractivity contribution >= 4 is 35.5 Å². The number of likely N-dealkylation sites (tertiary alicyclic amines) is 1. The zero-order chi connectivity index (χ0) is 35.9. The van der Waals surface area contributed by atoms with Crippen LogP contribution in [0.2, 0.25) is 0 Å². The molecule has 0 aromatic heterocycles. The fraction of sp³-hybridized carbons (Fsp3) is 0.471. The highest BCUT2D eigenvalue weighted by atomic mass is 16.4. The van der Waals surface area contributed by atoms with Crippen molar-refractivity contribution in [2.45, 2.75) is 82.1 Å². The zero-order valence-corrected chi connectivity index (χ0v) is 27.6. The molecule has 266 valence electrons. The van der Waals surface area contributed by atoms with E-state index in [-0.39, 0.29) is 31.6 Å². The number of phenolic OH excluding ortho intramolecular Hbond substituents is 1. The fourth-order valence-electron chi connectivity index (χ4n) is 5.49. The van der Waals surface area contributed by atoms with Crippen LogP contribution in [-0.2, 0) is 41.6 Å². The zero-order valence-electron chi connectivity index (χ0n) is 27.6. The number of phenols is 1. The smallest absolute Gasteiger partial charge is 0.326 e. The molecule has 1 aliphatic rings. The second kappa shape index (κ2) is 19.1. The van der Waals surface area contributed by atoms with Crippen molar-refractivity contribution < 1.29 is 39.0 Å². The monoisotopic (exact) mass is 681 g/mol. The van der Waals surface area contributed by atoms with Gasteiger partial charge >= 0.3 is 5.97 Å². The highest BCUT2D eigenvalue weighted by molar-refractivity contribution is 5.95. The molecule has 0 saturated carbocycles. The second-order valence-electron chi connectivity index (χ2n) is 12.1. The second-order valence-corrected chi connectivity index (χ2v) is 12.1. The Morgan fingerprint density at radius 1 is 0.857 bits per heavy atom. The molecule has 0 spiro atoms. The molecule has 1 fully saturated rings. The first-order chi connectivity index (χ1) is 23.4. The van der Waals surface area contributed by atoms with Crippen LogP contribution in [0.1, 0.15) is 50.2 Å². The van der Waals surface area contributed by atoms with Gasteiger partial charge in [0.15, 0.2) is 0 Å². The number of carbonyl (C=O) groups is 6. The van der Waals surface area contributed by atoms with E-state index in [1.165, 1.54) is 24.0 Å². The first-order valence-electron chi connectivity index (χ1n) is 16.4. The minimum Gasteiger partial charge on any atom is -0.508 e. The summed E-state index contributed by atoms with van der Waals surface area (Å²) in [5.74, 6) is -4.17. The molecule has 2 aromatic rings. The molecule has 15 nitrogen and oxygen atoms in total. The van der Waals surface area contributed by atoms with E-state index in [0.717, 1.165) is 0 Å². The average Bonchev–Trinajstić information content (AvgIpc) is 3.57. The van der Waals surface area contributed by atoms with Gasteiger partial charge in [0.1, 0.15) is 29.9 Å². The Morgan fingerprint density at radius 3 is 2.12 bits per heavy atom. The van der Waals surface area contributed by atoms with Gasteiger partial charge in [-0.3, -0.25) is 24.0 Å². The molecule has 1 saturated heterocycles. The number of carboxylic acid groups (broad SMARTS) is 1. The summed E-state index contributed by atoms with van der Waals surface area (Å²) in [5.41, 5.74) is 12.7. The number of unbranched alkanes of at least 4 members (excludes halogenated alkanes) is 1. The minimum absolute atomic E-state index is 0.0431. The third-order valence-corrected chi connectivity index (χ3v) is 8.16. The van der Waals surface area contributed by atoms with Gasteiger partial charge in [-0.15, -0.1) is 0 Å². The maximum absolute atomic E-state index is 13.7. The number of hydrogen-bond acceptors (Lipinski definition) is 9. The van der Waals surface area contributed by atoms with E-state index in [4.69, 9.17) is 11.5 Å². The molecule has 15 heteroatoms. The molecule has 10 N–H and O–H groups in total. The number of aromatic hydroxyl groups is 1. The summed E-state index contributed by atoms with van der Waals surface area (Å²) in [5, 5.41) is 29.6. The van der Waals surface area contributed by atoms with Crippen LogP contribution < -0.4 is 32.7 Å². The van der Waals surface area contributed by atoms with Crippen LogP contribution in [-0.4, -0.2) is 100 Å². The molecular formula is C34H47N7O8. The number of nitrogens with zero attached hydrogens (tertiary/aromatic N) is 1. The van der Waals surface area contributed by atoms with Crippen molar-refractivity contribution in [1.82, 2.24) is 26.2 Å². The highest BCUT2D eigenvalue weighted by Gasteiger charge is 2.38. The van der Waals surface area contributed by atoms with E-state index >= 15 is 0 Å². The number of nitrogens with two attached hydrogens (primary N) is 2. The highest BCUT2D eigenvalue weighted by Crippen LogP contribution is 2.20. The van der Waals surface area contributed by atoms with Crippen LogP contribution in [0.25, 0.3) is 0 Å². The molecule has 1 aliphatic heterocycles. The maximum atomic E-state index is 13.7. The van der Waals surface area contributed by atoms with Gasteiger partial charge in [0, 0.05) is 19.4 Å². The summed E-state index contributed by atoms with van der Waals surface area (Å²) in [4.78, 5) is 78.8. The van der Waals surface area contributed by atoms with Gasteiger partial charge in [-0.05, 0) is 68.8 Å². The molecule has 3 rings (SSSR count). The summed E-state index contributed by atoms with van der Waals surface area (Å²) >= 11 is 0. The Labute approximate surface area is 285 Å². The van der Waals surface area contributed by atoms with E-state index in [9.17, 15) is 39.0 Å². The molecule has 5 atom stereocenters. The maximum Gasteiger partial charge on any atom is 0.326 e. The Balaban J connectivity index is 1.63. The molecule has 0 bridgehead atoms. The summed E-state index contributed by atoms with van der Waals surface area (Å²) in [7, 11) is 0. The summed E-state index contributed by atoms with van der Waals surface area (Å²) in [6.07, 6.45) is 2.24. The largest absolute Gasteiger partial charge is 0.508 e. The number of nitrogens with one attached hydrogen (secondary N) is 4. The molecular weight excluding hydrogens is 634 g/mol. The normalized spacial score (nSPS) is 16.5. The number of rotatable bonds is 18. The lowest BCUT2D eigenvalue weighted by molar-refractivity contribution is -0.142. The standard InChI is InChI=1S/C34H47N7O8/c1-21(36)30(44)39-26(18-23-12-14-24(42)15-13-23)33(47)41-17-7-11-28(41)32(46)37-20-29(43)38-25(10-5-6-16-35)31(45)40-27(34(48)49)19-22-8-3-2-4-9-22/h2-4,8-9,12-15,21,25-28,42H,5-7,10-11,16-20,35-36H2,1H3,(H,37,46)(H,38,43)(H,39,44)(H,40,45)(H,48,49). The van der Waals surface area contributed by atoms with Gasteiger partial charge in [0.05, 0.1) is 12.6 Å². The Kier molecular flexibility index (Phi) is 15.0. The number of aliphatic carboxylic acids is 1. The topological polar surface area (TPSA) is 246 Å². The van der Waals surface area contributed by atoms with Crippen LogP contribution >= 0.6 is 0 Å².